The second-order valence-electron chi connectivity index (χ2n) is 5.52. The van der Waals surface area contributed by atoms with Gasteiger partial charge >= 0.3 is 11.9 Å². The lowest BCUT2D eigenvalue weighted by molar-refractivity contribution is -0.149. The molecular formula is C16H19NO4. The van der Waals surface area contributed by atoms with Gasteiger partial charge in [-0.2, -0.15) is 0 Å². The molecule has 3 atom stereocenters. The topological polar surface area (TPSA) is 55.8 Å². The van der Waals surface area contributed by atoms with Crippen LogP contribution in [0.3, 0.4) is 0 Å². The molecule has 0 saturated carbocycles. The smallest absolute Gasteiger partial charge is 0.315 e. The Bertz CT molecular complexity index is 571. The van der Waals surface area contributed by atoms with E-state index in [2.05, 4.69) is 4.90 Å². The van der Waals surface area contributed by atoms with Gasteiger partial charge in [0.05, 0.1) is 26.2 Å². The Balaban J connectivity index is 2.07. The summed E-state index contributed by atoms with van der Waals surface area (Å²) in [4.78, 5) is 26.6. The van der Waals surface area contributed by atoms with E-state index in [1.165, 1.54) is 14.2 Å². The molecule has 1 aromatic rings. The number of anilines is 1. The quantitative estimate of drug-likeness (QED) is 0.776. The Morgan fingerprint density at radius 3 is 2.57 bits per heavy atom. The maximum atomic E-state index is 12.3. The number of hydrogen-bond donors (Lipinski definition) is 0. The fraction of sp³-hybridized carbons (Fsp3) is 0.500. The van der Waals surface area contributed by atoms with E-state index in [0.717, 1.165) is 30.6 Å². The van der Waals surface area contributed by atoms with Crippen LogP contribution in [0.1, 0.15) is 24.3 Å². The molecule has 2 aliphatic rings. The molecule has 112 valence electrons. The van der Waals surface area contributed by atoms with Crippen molar-refractivity contribution in [2.24, 2.45) is 5.92 Å². The highest BCUT2D eigenvalue weighted by Crippen LogP contribution is 2.47. The van der Waals surface area contributed by atoms with Crippen molar-refractivity contribution >= 4 is 17.6 Å². The minimum Gasteiger partial charge on any atom is -0.469 e. The number of hydrogen-bond acceptors (Lipinski definition) is 5. The Morgan fingerprint density at radius 2 is 1.86 bits per heavy atom. The number of nitrogens with zero attached hydrogens (tertiary/aromatic N) is 1. The molecule has 1 aromatic carbocycles. The summed E-state index contributed by atoms with van der Waals surface area (Å²) < 4.78 is 9.92. The average Bonchev–Trinajstić information content (AvgIpc) is 2.88. The molecule has 0 amide bonds. The first-order valence-corrected chi connectivity index (χ1v) is 7.20. The Kier molecular flexibility index (Phi) is 3.57. The first kappa shape index (κ1) is 13.9. The van der Waals surface area contributed by atoms with Gasteiger partial charge in [-0.15, -0.1) is 0 Å². The van der Waals surface area contributed by atoms with E-state index in [-0.39, 0.29) is 23.9 Å². The zero-order chi connectivity index (χ0) is 15.0. The number of rotatable bonds is 2. The highest BCUT2D eigenvalue weighted by molar-refractivity contribution is 5.88. The fourth-order valence-corrected chi connectivity index (χ4v) is 3.71. The Labute approximate surface area is 123 Å². The molecule has 0 N–H and O–H groups in total. The number of esters is 2. The van der Waals surface area contributed by atoms with Crippen molar-refractivity contribution in [2.45, 2.75) is 24.8 Å². The van der Waals surface area contributed by atoms with Gasteiger partial charge in [0.1, 0.15) is 5.92 Å². The van der Waals surface area contributed by atoms with Crippen LogP contribution in [0.15, 0.2) is 24.3 Å². The van der Waals surface area contributed by atoms with E-state index >= 15 is 0 Å². The van der Waals surface area contributed by atoms with E-state index in [0.29, 0.717) is 0 Å². The number of ether oxygens (including phenoxy) is 2. The van der Waals surface area contributed by atoms with Crippen LogP contribution in [0.5, 0.6) is 0 Å². The first-order chi connectivity index (χ1) is 10.2. The first-order valence-electron chi connectivity index (χ1n) is 7.20. The molecular weight excluding hydrogens is 270 g/mol. The van der Waals surface area contributed by atoms with Crippen molar-refractivity contribution in [3.05, 3.63) is 29.8 Å². The lowest BCUT2D eigenvalue weighted by atomic mass is 9.82. The van der Waals surface area contributed by atoms with Gasteiger partial charge in [-0.1, -0.05) is 18.2 Å². The molecule has 0 spiro atoms. The fourth-order valence-electron chi connectivity index (χ4n) is 3.71. The standard InChI is InChI=1S/C16H19NO4/c1-20-15(18)11-7-5-9-17-12-8-4-3-6-10(12)13(14(11)17)16(19)21-2/h3-4,6,8,11,13-14H,5,7,9H2,1-2H3/t11-,13-,14-/m0/s1. The van der Waals surface area contributed by atoms with Crippen LogP contribution in [0.25, 0.3) is 0 Å². The number of para-hydroxylation sites is 1. The van der Waals surface area contributed by atoms with Crippen molar-refractivity contribution in [1.29, 1.82) is 0 Å². The zero-order valence-electron chi connectivity index (χ0n) is 12.2. The number of piperidine rings is 1. The molecule has 1 fully saturated rings. The Hall–Kier alpha value is -2.04. The number of carbonyl (C=O) groups is 2. The minimum absolute atomic E-state index is 0.198. The summed E-state index contributed by atoms with van der Waals surface area (Å²) in [6.45, 7) is 0.850. The van der Waals surface area contributed by atoms with Crippen LogP contribution in [0, 0.1) is 5.92 Å². The monoisotopic (exact) mass is 289 g/mol. The largest absolute Gasteiger partial charge is 0.469 e. The lowest BCUT2D eigenvalue weighted by Crippen LogP contribution is -2.49. The van der Waals surface area contributed by atoms with Crippen molar-refractivity contribution in [1.82, 2.24) is 0 Å². The van der Waals surface area contributed by atoms with Gasteiger partial charge in [0.2, 0.25) is 0 Å². The number of carbonyl (C=O) groups excluding carboxylic acids is 2. The van der Waals surface area contributed by atoms with E-state index < -0.39 is 5.92 Å². The molecule has 1 saturated heterocycles. The molecule has 5 nitrogen and oxygen atoms in total. The maximum absolute atomic E-state index is 12.3. The summed E-state index contributed by atoms with van der Waals surface area (Å²) in [6.07, 6.45) is 1.66. The van der Waals surface area contributed by atoms with Gasteiger partial charge in [-0.05, 0) is 24.5 Å². The van der Waals surface area contributed by atoms with E-state index in [9.17, 15) is 9.59 Å². The molecule has 0 aromatic heterocycles. The van der Waals surface area contributed by atoms with Crippen molar-refractivity contribution in [2.75, 3.05) is 25.7 Å². The molecule has 3 rings (SSSR count). The van der Waals surface area contributed by atoms with Crippen LogP contribution >= 0.6 is 0 Å². The van der Waals surface area contributed by atoms with Crippen molar-refractivity contribution < 1.29 is 19.1 Å². The summed E-state index contributed by atoms with van der Waals surface area (Å²) in [6, 6.07) is 7.63. The molecule has 2 heterocycles. The third kappa shape index (κ3) is 2.07. The maximum Gasteiger partial charge on any atom is 0.315 e. The van der Waals surface area contributed by atoms with Gasteiger partial charge in [0.15, 0.2) is 0 Å². The minimum atomic E-state index is -0.421. The molecule has 2 aliphatic heterocycles. The predicted octanol–water partition coefficient (Wildman–Crippen LogP) is 1.71. The van der Waals surface area contributed by atoms with E-state index in [1.54, 1.807) is 0 Å². The normalized spacial score (nSPS) is 26.8. The summed E-state index contributed by atoms with van der Waals surface area (Å²) in [5, 5.41) is 0. The third-order valence-corrected chi connectivity index (χ3v) is 4.57. The SMILES string of the molecule is COC(=O)[C@H]1CCCN2c3ccccc3[C@H](C(=O)OC)[C@H]12. The summed E-state index contributed by atoms with van der Waals surface area (Å²) in [5.74, 6) is -1.24. The third-order valence-electron chi connectivity index (χ3n) is 4.57. The van der Waals surface area contributed by atoms with Crippen molar-refractivity contribution in [3.63, 3.8) is 0 Å². The van der Waals surface area contributed by atoms with Gasteiger partial charge < -0.3 is 14.4 Å². The summed E-state index contributed by atoms with van der Waals surface area (Å²) in [7, 11) is 2.79. The highest BCUT2D eigenvalue weighted by Gasteiger charge is 2.50. The van der Waals surface area contributed by atoms with Gasteiger partial charge in [0, 0.05) is 12.2 Å². The van der Waals surface area contributed by atoms with Crippen molar-refractivity contribution in [3.8, 4) is 0 Å². The van der Waals surface area contributed by atoms with Gasteiger partial charge in [-0.25, -0.2) is 0 Å². The predicted molar refractivity (Wildman–Crippen MR) is 77.1 cm³/mol. The molecule has 0 aliphatic carbocycles. The van der Waals surface area contributed by atoms with Crippen LogP contribution < -0.4 is 4.90 Å². The molecule has 0 bridgehead atoms. The molecule has 5 heteroatoms. The second kappa shape index (κ2) is 5.39. The lowest BCUT2D eigenvalue weighted by Gasteiger charge is -2.38. The second-order valence-corrected chi connectivity index (χ2v) is 5.52. The number of benzene rings is 1. The number of fused-ring (bicyclic) bond motifs is 3. The summed E-state index contributed by atoms with van der Waals surface area (Å²) >= 11 is 0. The summed E-state index contributed by atoms with van der Waals surface area (Å²) in [5.41, 5.74) is 1.98. The average molecular weight is 289 g/mol. The van der Waals surface area contributed by atoms with Gasteiger partial charge in [0.25, 0.3) is 0 Å². The highest BCUT2D eigenvalue weighted by atomic mass is 16.5. The molecule has 0 radical (unpaired) electrons. The van der Waals surface area contributed by atoms with Crippen LogP contribution in [0.4, 0.5) is 5.69 Å². The number of methoxy groups -OCH3 is 2. The zero-order valence-corrected chi connectivity index (χ0v) is 12.2. The Morgan fingerprint density at radius 1 is 1.14 bits per heavy atom. The van der Waals surface area contributed by atoms with Gasteiger partial charge in [-0.3, -0.25) is 9.59 Å². The van der Waals surface area contributed by atoms with E-state index in [4.69, 9.17) is 9.47 Å². The molecule has 21 heavy (non-hydrogen) atoms. The van der Waals surface area contributed by atoms with Crippen LogP contribution in [0.2, 0.25) is 0 Å². The van der Waals surface area contributed by atoms with Crippen LogP contribution in [-0.2, 0) is 19.1 Å². The van der Waals surface area contributed by atoms with E-state index in [1.807, 2.05) is 24.3 Å². The van der Waals surface area contributed by atoms with Crippen LogP contribution in [-0.4, -0.2) is 38.7 Å². The molecule has 0 unspecified atom stereocenters.